The minimum atomic E-state index is -0.397. The Morgan fingerprint density at radius 1 is 1.69 bits per heavy atom. The third-order valence-electron chi connectivity index (χ3n) is 2.62. The summed E-state index contributed by atoms with van der Waals surface area (Å²) in [6.07, 6.45) is 0.126. The lowest BCUT2D eigenvalue weighted by Crippen LogP contribution is -2.34. The Bertz CT molecular complexity index is 245. The van der Waals surface area contributed by atoms with Crippen LogP contribution in [0.25, 0.3) is 0 Å². The lowest BCUT2D eigenvalue weighted by Gasteiger charge is -2.17. The summed E-state index contributed by atoms with van der Waals surface area (Å²) in [4.78, 5) is 15.1. The van der Waals surface area contributed by atoms with E-state index in [-0.39, 0.29) is 11.9 Å². The van der Waals surface area contributed by atoms with Crippen molar-refractivity contribution in [3.63, 3.8) is 0 Å². The molecule has 0 radical (unpaired) electrons. The summed E-state index contributed by atoms with van der Waals surface area (Å²) in [5, 5.41) is 9.94. The lowest BCUT2D eigenvalue weighted by atomic mass is 10.2. The summed E-state index contributed by atoms with van der Waals surface area (Å²) in [5.74, 6) is 0.0454. The molecule has 2 fully saturated rings. The van der Waals surface area contributed by atoms with Crippen LogP contribution in [0, 0.1) is 0 Å². The number of carbonyl (C=O) groups excluding carboxylic acids is 1. The smallest absolute Gasteiger partial charge is 0.251 e. The first-order valence-corrected chi connectivity index (χ1v) is 4.86. The van der Waals surface area contributed by atoms with Gasteiger partial charge in [0, 0.05) is 19.5 Å². The van der Waals surface area contributed by atoms with E-state index in [1.807, 2.05) is 11.8 Å². The third-order valence-corrected chi connectivity index (χ3v) is 3.08. The predicted molar refractivity (Wildman–Crippen MR) is 51.1 cm³/mol. The molecule has 4 nitrogen and oxygen atoms in total. The molecule has 0 aromatic heterocycles. The Morgan fingerprint density at radius 3 is 2.92 bits per heavy atom. The molecule has 2 rings (SSSR count). The van der Waals surface area contributed by atoms with Crippen molar-refractivity contribution >= 4 is 23.2 Å². The topological polar surface area (TPSA) is 43.8 Å². The van der Waals surface area contributed by atoms with Gasteiger partial charge in [0.15, 0.2) is 5.11 Å². The van der Waals surface area contributed by atoms with E-state index in [1.54, 1.807) is 4.90 Å². The number of fused-ring (bicyclic) bond motifs is 1. The molecule has 0 aromatic rings. The van der Waals surface area contributed by atoms with Crippen LogP contribution in [0.3, 0.4) is 0 Å². The summed E-state index contributed by atoms with van der Waals surface area (Å²) < 4.78 is 0. The summed E-state index contributed by atoms with van der Waals surface area (Å²) in [6.45, 7) is 3.04. The molecule has 2 aliphatic heterocycles. The van der Waals surface area contributed by atoms with Gasteiger partial charge in [-0.2, -0.15) is 0 Å². The van der Waals surface area contributed by atoms with E-state index < -0.39 is 6.10 Å². The molecular weight excluding hydrogens is 188 g/mol. The van der Waals surface area contributed by atoms with Crippen LogP contribution < -0.4 is 0 Å². The van der Waals surface area contributed by atoms with Gasteiger partial charge in [-0.15, -0.1) is 0 Å². The molecule has 2 atom stereocenters. The molecule has 13 heavy (non-hydrogen) atoms. The zero-order chi connectivity index (χ0) is 9.59. The number of hydrogen-bond acceptors (Lipinski definition) is 3. The van der Waals surface area contributed by atoms with Crippen LogP contribution in [0.15, 0.2) is 0 Å². The Labute approximate surface area is 82.1 Å². The van der Waals surface area contributed by atoms with Gasteiger partial charge in [0.05, 0.1) is 6.10 Å². The van der Waals surface area contributed by atoms with E-state index in [1.165, 1.54) is 0 Å². The third kappa shape index (κ3) is 1.14. The molecule has 5 heteroatoms. The highest BCUT2D eigenvalue weighted by Crippen LogP contribution is 2.27. The van der Waals surface area contributed by atoms with Crippen LogP contribution in [0.2, 0.25) is 0 Å². The van der Waals surface area contributed by atoms with Gasteiger partial charge < -0.3 is 10.0 Å². The number of aliphatic hydroxyl groups is 1. The number of aliphatic hydroxyl groups excluding tert-OH is 1. The summed E-state index contributed by atoms with van der Waals surface area (Å²) >= 11 is 5.13. The van der Waals surface area contributed by atoms with Crippen molar-refractivity contribution in [1.82, 2.24) is 9.80 Å². The number of thiocarbonyl (C=S) groups is 1. The maximum absolute atomic E-state index is 11.7. The van der Waals surface area contributed by atoms with Crippen LogP contribution in [-0.4, -0.2) is 51.2 Å². The average Bonchev–Trinajstić information content (AvgIpc) is 2.55. The van der Waals surface area contributed by atoms with Crippen molar-refractivity contribution in [3.05, 3.63) is 0 Å². The fourth-order valence-electron chi connectivity index (χ4n) is 1.98. The number of likely N-dealkylation sites (N-methyl/N-ethyl adjacent to an activating group) is 1. The SMILES string of the molecule is CCN1C(=O)C2CC(O)CN2C1=S. The molecule has 0 saturated carbocycles. The molecule has 0 aliphatic carbocycles. The van der Waals surface area contributed by atoms with E-state index in [0.717, 1.165) is 0 Å². The second-order valence-corrected chi connectivity index (χ2v) is 3.79. The summed E-state index contributed by atoms with van der Waals surface area (Å²) in [5.41, 5.74) is 0. The lowest BCUT2D eigenvalue weighted by molar-refractivity contribution is -0.127. The van der Waals surface area contributed by atoms with Crippen molar-refractivity contribution in [3.8, 4) is 0 Å². The first-order chi connectivity index (χ1) is 6.15. The zero-order valence-electron chi connectivity index (χ0n) is 7.43. The molecular formula is C8H12N2O2S. The molecule has 0 spiro atoms. The average molecular weight is 200 g/mol. The van der Waals surface area contributed by atoms with Gasteiger partial charge in [0.2, 0.25) is 0 Å². The van der Waals surface area contributed by atoms with Gasteiger partial charge in [-0.25, -0.2) is 0 Å². The summed E-state index contributed by atoms with van der Waals surface area (Å²) in [7, 11) is 0. The highest BCUT2D eigenvalue weighted by atomic mass is 32.1. The van der Waals surface area contributed by atoms with Crippen LogP contribution in [0.5, 0.6) is 0 Å². The molecule has 0 bridgehead atoms. The minimum Gasteiger partial charge on any atom is -0.391 e. The second kappa shape index (κ2) is 2.92. The van der Waals surface area contributed by atoms with Gasteiger partial charge in [-0.3, -0.25) is 9.69 Å². The molecule has 1 N–H and O–H groups in total. The number of rotatable bonds is 1. The van der Waals surface area contributed by atoms with Crippen LogP contribution in [-0.2, 0) is 4.79 Å². The molecule has 2 saturated heterocycles. The van der Waals surface area contributed by atoms with E-state index >= 15 is 0 Å². The van der Waals surface area contributed by atoms with Crippen molar-refractivity contribution in [2.24, 2.45) is 0 Å². The molecule has 2 heterocycles. The molecule has 1 amide bonds. The molecule has 2 unspecified atom stereocenters. The second-order valence-electron chi connectivity index (χ2n) is 3.42. The normalized spacial score (nSPS) is 33.1. The van der Waals surface area contributed by atoms with Crippen LogP contribution in [0.1, 0.15) is 13.3 Å². The van der Waals surface area contributed by atoms with Gasteiger partial charge in [-0.05, 0) is 19.1 Å². The Balaban J connectivity index is 2.23. The van der Waals surface area contributed by atoms with Crippen molar-refractivity contribution in [2.45, 2.75) is 25.5 Å². The highest BCUT2D eigenvalue weighted by molar-refractivity contribution is 7.80. The van der Waals surface area contributed by atoms with Gasteiger partial charge in [0.25, 0.3) is 5.91 Å². The number of hydrogen-bond donors (Lipinski definition) is 1. The van der Waals surface area contributed by atoms with Gasteiger partial charge >= 0.3 is 0 Å². The fraction of sp³-hybridized carbons (Fsp3) is 0.750. The Morgan fingerprint density at radius 2 is 2.38 bits per heavy atom. The molecule has 0 aromatic carbocycles. The first-order valence-electron chi connectivity index (χ1n) is 4.45. The van der Waals surface area contributed by atoms with E-state index in [9.17, 15) is 9.90 Å². The van der Waals surface area contributed by atoms with Crippen molar-refractivity contribution in [1.29, 1.82) is 0 Å². The minimum absolute atomic E-state index is 0.0454. The Hall–Kier alpha value is -0.680. The van der Waals surface area contributed by atoms with Gasteiger partial charge in [0.1, 0.15) is 6.04 Å². The number of carbonyl (C=O) groups is 1. The van der Waals surface area contributed by atoms with Crippen LogP contribution >= 0.6 is 12.2 Å². The quantitative estimate of drug-likeness (QED) is 0.583. The number of amides is 1. The standard InChI is InChI=1S/C8H12N2O2S/c1-2-9-7(12)6-3-5(11)4-10(6)8(9)13/h5-6,11H,2-4H2,1H3. The highest BCUT2D eigenvalue weighted by Gasteiger charge is 2.47. The predicted octanol–water partition coefficient (Wildman–Crippen LogP) is -0.431. The van der Waals surface area contributed by atoms with Crippen LogP contribution in [0.4, 0.5) is 0 Å². The molecule has 2 aliphatic rings. The molecule has 72 valence electrons. The largest absolute Gasteiger partial charge is 0.391 e. The van der Waals surface area contributed by atoms with Crippen molar-refractivity contribution < 1.29 is 9.90 Å². The van der Waals surface area contributed by atoms with Crippen molar-refractivity contribution in [2.75, 3.05) is 13.1 Å². The summed E-state index contributed by atoms with van der Waals surface area (Å²) in [6, 6.07) is -0.192. The van der Waals surface area contributed by atoms with E-state index in [4.69, 9.17) is 12.2 Å². The maximum atomic E-state index is 11.7. The monoisotopic (exact) mass is 200 g/mol. The van der Waals surface area contributed by atoms with E-state index in [0.29, 0.717) is 24.6 Å². The number of nitrogens with zero attached hydrogens (tertiary/aromatic N) is 2. The Kier molecular flexibility index (Phi) is 2.00. The van der Waals surface area contributed by atoms with E-state index in [2.05, 4.69) is 0 Å². The first kappa shape index (κ1) is 8.90. The zero-order valence-corrected chi connectivity index (χ0v) is 8.25. The fourth-order valence-corrected chi connectivity index (χ4v) is 2.40. The maximum Gasteiger partial charge on any atom is 0.251 e. The van der Waals surface area contributed by atoms with Gasteiger partial charge in [-0.1, -0.05) is 0 Å².